The Bertz CT molecular complexity index is 854. The highest BCUT2D eigenvalue weighted by atomic mass is 32.1. The van der Waals surface area contributed by atoms with Crippen molar-refractivity contribution in [2.45, 2.75) is 6.92 Å². The molecule has 0 aliphatic heterocycles. The summed E-state index contributed by atoms with van der Waals surface area (Å²) in [5, 5.41) is 3.19. The third kappa shape index (κ3) is 2.73. The van der Waals surface area contributed by atoms with Crippen LogP contribution in [0.15, 0.2) is 53.3 Å². The van der Waals surface area contributed by atoms with Crippen LogP contribution in [0.1, 0.15) is 5.56 Å². The molecule has 0 saturated heterocycles. The number of hydrogen-bond donors (Lipinski definition) is 1. The maximum Gasteiger partial charge on any atom is 0.332 e. The molecule has 3 aromatic rings. The number of ether oxygens (including phenoxy) is 1. The van der Waals surface area contributed by atoms with Crippen LogP contribution >= 0.6 is 11.5 Å². The Morgan fingerprint density at radius 1 is 1.18 bits per heavy atom. The molecule has 1 heterocycles. The summed E-state index contributed by atoms with van der Waals surface area (Å²) in [6.45, 7) is 2.01. The fourth-order valence-corrected chi connectivity index (χ4v) is 2.77. The highest BCUT2D eigenvalue weighted by Gasteiger charge is 2.14. The first kappa shape index (κ1) is 14.3. The van der Waals surface area contributed by atoms with Crippen molar-refractivity contribution >= 4 is 23.2 Å². The minimum atomic E-state index is -0.167. The van der Waals surface area contributed by atoms with E-state index in [1.54, 1.807) is 7.11 Å². The van der Waals surface area contributed by atoms with Gasteiger partial charge in [0.25, 0.3) is 0 Å². The van der Waals surface area contributed by atoms with Gasteiger partial charge >= 0.3 is 4.87 Å². The molecule has 2 aromatic carbocycles. The molecule has 0 amide bonds. The highest BCUT2D eigenvalue weighted by Crippen LogP contribution is 2.25. The second kappa shape index (κ2) is 6.03. The fraction of sp³-hybridized carbons (Fsp3) is 0.125. The molecule has 3 rings (SSSR count). The Hall–Kier alpha value is -2.60. The Balaban J connectivity index is 2.06. The van der Waals surface area contributed by atoms with Gasteiger partial charge in [-0.1, -0.05) is 24.3 Å². The van der Waals surface area contributed by atoms with Crippen molar-refractivity contribution in [2.24, 2.45) is 0 Å². The normalized spacial score (nSPS) is 10.5. The van der Waals surface area contributed by atoms with Gasteiger partial charge in [-0.3, -0.25) is 4.79 Å². The second-order valence-corrected chi connectivity index (χ2v) is 5.49. The summed E-state index contributed by atoms with van der Waals surface area (Å²) < 4.78 is 11.1. The molecule has 6 heteroatoms. The standard InChI is InChI=1S/C16H15N3O2S/c1-11-6-5-7-12(10-11)17-15-18-22-16(20)19(15)13-8-3-4-9-14(13)21-2/h3-10H,1-2H3,(H,17,18). The van der Waals surface area contributed by atoms with Crippen molar-refractivity contribution in [2.75, 3.05) is 12.4 Å². The number of aryl methyl sites for hydroxylation is 1. The number of methoxy groups -OCH3 is 1. The zero-order chi connectivity index (χ0) is 15.5. The van der Waals surface area contributed by atoms with Gasteiger partial charge in [-0.25, -0.2) is 4.57 Å². The van der Waals surface area contributed by atoms with Crippen molar-refractivity contribution in [1.29, 1.82) is 0 Å². The van der Waals surface area contributed by atoms with Crippen molar-refractivity contribution in [1.82, 2.24) is 8.94 Å². The van der Waals surface area contributed by atoms with Crippen LogP contribution in [0.5, 0.6) is 5.75 Å². The van der Waals surface area contributed by atoms with E-state index in [1.807, 2.05) is 55.5 Å². The molecule has 0 spiro atoms. The number of aromatic nitrogens is 2. The van der Waals surface area contributed by atoms with Gasteiger partial charge in [-0.15, -0.1) is 0 Å². The Labute approximate surface area is 132 Å². The second-order valence-electron chi connectivity index (χ2n) is 4.77. The first-order chi connectivity index (χ1) is 10.7. The van der Waals surface area contributed by atoms with E-state index >= 15 is 0 Å². The molecule has 22 heavy (non-hydrogen) atoms. The first-order valence-electron chi connectivity index (χ1n) is 6.75. The van der Waals surface area contributed by atoms with Gasteiger partial charge in [0.15, 0.2) is 0 Å². The highest BCUT2D eigenvalue weighted by molar-refractivity contribution is 7.03. The maximum atomic E-state index is 12.2. The zero-order valence-corrected chi connectivity index (χ0v) is 13.1. The number of rotatable bonds is 4. The largest absolute Gasteiger partial charge is 0.495 e. The van der Waals surface area contributed by atoms with E-state index in [0.717, 1.165) is 22.8 Å². The molecule has 0 atom stereocenters. The third-order valence-corrected chi connectivity index (χ3v) is 3.81. The quantitative estimate of drug-likeness (QED) is 0.802. The lowest BCUT2D eigenvalue weighted by molar-refractivity contribution is 0.413. The molecular weight excluding hydrogens is 298 g/mol. The number of hydrogen-bond acceptors (Lipinski definition) is 5. The smallest absolute Gasteiger partial charge is 0.332 e. The molecule has 0 aliphatic rings. The molecule has 0 radical (unpaired) electrons. The average Bonchev–Trinajstić information content (AvgIpc) is 2.88. The third-order valence-electron chi connectivity index (χ3n) is 3.20. The van der Waals surface area contributed by atoms with E-state index in [4.69, 9.17) is 4.74 Å². The first-order valence-corrected chi connectivity index (χ1v) is 7.52. The van der Waals surface area contributed by atoms with Crippen LogP contribution in [-0.2, 0) is 0 Å². The van der Waals surface area contributed by atoms with E-state index in [1.165, 1.54) is 4.57 Å². The lowest BCUT2D eigenvalue weighted by atomic mass is 10.2. The summed E-state index contributed by atoms with van der Waals surface area (Å²) in [7, 11) is 1.58. The summed E-state index contributed by atoms with van der Waals surface area (Å²) in [6, 6.07) is 15.3. The lowest BCUT2D eigenvalue weighted by Crippen LogP contribution is -2.14. The van der Waals surface area contributed by atoms with Gasteiger partial charge in [-0.2, -0.15) is 4.37 Å². The van der Waals surface area contributed by atoms with Gasteiger partial charge in [0.05, 0.1) is 12.8 Å². The lowest BCUT2D eigenvalue weighted by Gasteiger charge is -2.11. The van der Waals surface area contributed by atoms with E-state index in [0.29, 0.717) is 17.4 Å². The van der Waals surface area contributed by atoms with Gasteiger partial charge in [0, 0.05) is 17.2 Å². The van der Waals surface area contributed by atoms with Crippen LogP contribution in [0, 0.1) is 6.92 Å². The Kier molecular flexibility index (Phi) is 3.93. The van der Waals surface area contributed by atoms with E-state index in [9.17, 15) is 4.79 Å². The number of nitrogens with zero attached hydrogens (tertiary/aromatic N) is 2. The van der Waals surface area contributed by atoms with Crippen LogP contribution in [0.3, 0.4) is 0 Å². The van der Waals surface area contributed by atoms with Crippen molar-refractivity contribution < 1.29 is 4.74 Å². The maximum absolute atomic E-state index is 12.2. The van der Waals surface area contributed by atoms with Crippen molar-refractivity contribution in [3.63, 3.8) is 0 Å². The van der Waals surface area contributed by atoms with Crippen LogP contribution < -0.4 is 14.9 Å². The summed E-state index contributed by atoms with van der Waals surface area (Å²) in [6.07, 6.45) is 0. The molecule has 5 nitrogen and oxygen atoms in total. The number of para-hydroxylation sites is 2. The number of nitrogens with one attached hydrogen (secondary N) is 1. The summed E-state index contributed by atoms with van der Waals surface area (Å²) in [5.41, 5.74) is 2.68. The topological polar surface area (TPSA) is 56.1 Å². The van der Waals surface area contributed by atoms with Crippen LogP contribution in [0.2, 0.25) is 0 Å². The molecular formula is C16H15N3O2S. The van der Waals surface area contributed by atoms with Gasteiger partial charge < -0.3 is 10.1 Å². The van der Waals surface area contributed by atoms with Crippen LogP contribution in [0.25, 0.3) is 5.69 Å². The summed E-state index contributed by atoms with van der Waals surface area (Å²) in [5.74, 6) is 1.10. The minimum absolute atomic E-state index is 0.167. The van der Waals surface area contributed by atoms with Crippen molar-refractivity contribution in [3.05, 3.63) is 63.8 Å². The van der Waals surface area contributed by atoms with Crippen molar-refractivity contribution in [3.8, 4) is 11.4 Å². The molecule has 0 aliphatic carbocycles. The van der Waals surface area contributed by atoms with Gasteiger partial charge in [0.2, 0.25) is 5.95 Å². The van der Waals surface area contributed by atoms with E-state index < -0.39 is 0 Å². The SMILES string of the molecule is COc1ccccc1-n1c(Nc2cccc(C)c2)nsc1=O. The molecule has 1 aromatic heterocycles. The molecule has 112 valence electrons. The molecule has 0 unspecified atom stereocenters. The fourth-order valence-electron chi connectivity index (χ4n) is 2.21. The minimum Gasteiger partial charge on any atom is -0.495 e. The van der Waals surface area contributed by atoms with Gasteiger partial charge in [0.1, 0.15) is 5.75 Å². The zero-order valence-electron chi connectivity index (χ0n) is 12.2. The Morgan fingerprint density at radius 3 is 2.77 bits per heavy atom. The monoisotopic (exact) mass is 313 g/mol. The van der Waals surface area contributed by atoms with Crippen LogP contribution in [0.4, 0.5) is 11.6 Å². The predicted octanol–water partition coefficient (Wildman–Crippen LogP) is 3.35. The molecule has 0 fully saturated rings. The number of anilines is 2. The van der Waals surface area contributed by atoms with E-state index in [2.05, 4.69) is 9.69 Å². The van der Waals surface area contributed by atoms with E-state index in [-0.39, 0.29) is 4.87 Å². The molecule has 0 bridgehead atoms. The summed E-state index contributed by atoms with van der Waals surface area (Å²) in [4.78, 5) is 12.0. The van der Waals surface area contributed by atoms with Gasteiger partial charge in [-0.05, 0) is 36.8 Å². The molecule has 0 saturated carbocycles. The average molecular weight is 313 g/mol. The number of benzene rings is 2. The molecule has 1 N–H and O–H groups in total. The Morgan fingerprint density at radius 2 is 2.00 bits per heavy atom. The van der Waals surface area contributed by atoms with Crippen LogP contribution in [-0.4, -0.2) is 16.1 Å². The summed E-state index contributed by atoms with van der Waals surface area (Å²) >= 11 is 0.908. The predicted molar refractivity (Wildman–Crippen MR) is 88.7 cm³/mol.